The third-order valence-electron chi connectivity index (χ3n) is 3.36. The standard InChI is InChI=1S/C18H17ClN4OS/c1-13-5-7-15(8-6-13)21-18(25)22-16-10-20-23(11-16)12-24-17-4-2-3-14(19)9-17/h2-11H,12H2,1H3,(H2,21,22,25). The van der Waals surface area contributed by atoms with Crippen LogP contribution in [-0.2, 0) is 6.73 Å². The molecule has 0 aliphatic rings. The molecular weight excluding hydrogens is 356 g/mol. The van der Waals surface area contributed by atoms with Crippen molar-refractivity contribution in [1.82, 2.24) is 9.78 Å². The number of aryl methyl sites for hydroxylation is 1. The Morgan fingerprint density at radius 3 is 2.68 bits per heavy atom. The van der Waals surface area contributed by atoms with Gasteiger partial charge < -0.3 is 15.4 Å². The van der Waals surface area contributed by atoms with Gasteiger partial charge in [-0.3, -0.25) is 0 Å². The molecule has 0 saturated heterocycles. The van der Waals surface area contributed by atoms with Crippen LogP contribution < -0.4 is 15.4 Å². The molecule has 1 aromatic heterocycles. The van der Waals surface area contributed by atoms with Gasteiger partial charge in [0.05, 0.1) is 18.1 Å². The maximum Gasteiger partial charge on any atom is 0.180 e. The average molecular weight is 373 g/mol. The molecule has 2 N–H and O–H groups in total. The lowest BCUT2D eigenvalue weighted by atomic mass is 10.2. The third kappa shape index (κ3) is 5.20. The number of halogens is 1. The normalized spacial score (nSPS) is 10.3. The van der Waals surface area contributed by atoms with Crippen LogP contribution in [0.4, 0.5) is 11.4 Å². The monoisotopic (exact) mass is 372 g/mol. The number of nitrogens with one attached hydrogen (secondary N) is 2. The van der Waals surface area contributed by atoms with Crippen molar-refractivity contribution >= 4 is 40.3 Å². The van der Waals surface area contributed by atoms with Gasteiger partial charge in [-0.1, -0.05) is 35.4 Å². The third-order valence-corrected chi connectivity index (χ3v) is 3.80. The highest BCUT2D eigenvalue weighted by Gasteiger charge is 2.03. The summed E-state index contributed by atoms with van der Waals surface area (Å²) in [7, 11) is 0. The summed E-state index contributed by atoms with van der Waals surface area (Å²) in [5.41, 5.74) is 2.91. The fourth-order valence-corrected chi connectivity index (χ4v) is 2.54. The summed E-state index contributed by atoms with van der Waals surface area (Å²) in [6.45, 7) is 2.32. The van der Waals surface area contributed by atoms with E-state index in [0.29, 0.717) is 15.9 Å². The zero-order valence-corrected chi connectivity index (χ0v) is 15.1. The SMILES string of the molecule is Cc1ccc(NC(=S)Nc2cnn(COc3cccc(Cl)c3)c2)cc1. The van der Waals surface area contributed by atoms with Crippen molar-refractivity contribution in [2.75, 3.05) is 10.6 Å². The van der Waals surface area contributed by atoms with Crippen LogP contribution in [0.1, 0.15) is 5.56 Å². The van der Waals surface area contributed by atoms with Crippen molar-refractivity contribution in [2.45, 2.75) is 13.7 Å². The number of aromatic nitrogens is 2. The summed E-state index contributed by atoms with van der Waals surface area (Å²) in [5, 5.41) is 11.6. The summed E-state index contributed by atoms with van der Waals surface area (Å²) >= 11 is 11.2. The zero-order valence-electron chi connectivity index (χ0n) is 13.6. The van der Waals surface area contributed by atoms with E-state index >= 15 is 0 Å². The van der Waals surface area contributed by atoms with E-state index < -0.39 is 0 Å². The molecule has 7 heteroatoms. The van der Waals surface area contributed by atoms with E-state index in [1.54, 1.807) is 23.0 Å². The van der Waals surface area contributed by atoms with Crippen LogP contribution in [0.5, 0.6) is 5.75 Å². The molecule has 3 aromatic rings. The zero-order chi connectivity index (χ0) is 17.6. The molecular formula is C18H17ClN4OS. The summed E-state index contributed by atoms with van der Waals surface area (Å²) in [6.07, 6.45) is 3.50. The van der Waals surface area contributed by atoms with Gasteiger partial charge in [0.2, 0.25) is 0 Å². The van der Waals surface area contributed by atoms with Gasteiger partial charge in [0, 0.05) is 10.7 Å². The van der Waals surface area contributed by atoms with E-state index in [-0.39, 0.29) is 6.73 Å². The fraction of sp³-hybridized carbons (Fsp3) is 0.111. The Morgan fingerprint density at radius 1 is 1.16 bits per heavy atom. The van der Waals surface area contributed by atoms with Gasteiger partial charge in [0.25, 0.3) is 0 Å². The first-order valence-electron chi connectivity index (χ1n) is 7.64. The van der Waals surface area contributed by atoms with Crippen molar-refractivity contribution in [2.24, 2.45) is 0 Å². The molecule has 5 nitrogen and oxygen atoms in total. The molecule has 1 heterocycles. The quantitative estimate of drug-likeness (QED) is 0.636. The second kappa shape index (κ2) is 8.00. The molecule has 0 spiro atoms. The number of hydrogen-bond acceptors (Lipinski definition) is 3. The van der Waals surface area contributed by atoms with Gasteiger partial charge in [-0.25, -0.2) is 4.68 Å². The van der Waals surface area contributed by atoms with Crippen molar-refractivity contribution in [1.29, 1.82) is 0 Å². The number of ether oxygens (including phenoxy) is 1. The predicted molar refractivity (Wildman–Crippen MR) is 105 cm³/mol. The van der Waals surface area contributed by atoms with E-state index in [9.17, 15) is 0 Å². The Hall–Kier alpha value is -2.57. The topological polar surface area (TPSA) is 51.1 Å². The van der Waals surface area contributed by atoms with Crippen molar-refractivity contribution < 1.29 is 4.74 Å². The first-order valence-corrected chi connectivity index (χ1v) is 8.42. The van der Waals surface area contributed by atoms with Gasteiger partial charge in [-0.15, -0.1) is 0 Å². The van der Waals surface area contributed by atoms with Crippen LogP contribution in [0, 0.1) is 6.92 Å². The largest absolute Gasteiger partial charge is 0.471 e. The van der Waals surface area contributed by atoms with Crippen molar-refractivity contribution in [3.63, 3.8) is 0 Å². The van der Waals surface area contributed by atoms with Crippen molar-refractivity contribution in [3.05, 3.63) is 71.5 Å². The van der Waals surface area contributed by atoms with Gasteiger partial charge in [-0.05, 0) is 49.5 Å². The maximum atomic E-state index is 5.93. The van der Waals surface area contributed by atoms with Crippen LogP contribution in [-0.4, -0.2) is 14.9 Å². The predicted octanol–water partition coefficient (Wildman–Crippen LogP) is 4.69. The Bertz CT molecular complexity index is 864. The number of thiocarbonyl (C=S) groups is 1. The smallest absolute Gasteiger partial charge is 0.180 e. The summed E-state index contributed by atoms with van der Waals surface area (Å²) in [6, 6.07) is 15.2. The molecule has 0 amide bonds. The Kier molecular flexibility index (Phi) is 5.53. The van der Waals surface area contributed by atoms with Gasteiger partial charge in [0.1, 0.15) is 5.75 Å². The highest BCUT2D eigenvalue weighted by Crippen LogP contribution is 2.17. The van der Waals surface area contributed by atoms with E-state index in [2.05, 4.69) is 15.7 Å². The summed E-state index contributed by atoms with van der Waals surface area (Å²) in [4.78, 5) is 0. The van der Waals surface area contributed by atoms with Gasteiger partial charge in [0.15, 0.2) is 11.8 Å². The van der Waals surface area contributed by atoms with E-state index in [4.69, 9.17) is 28.6 Å². The van der Waals surface area contributed by atoms with E-state index in [1.807, 2.05) is 49.5 Å². The lowest BCUT2D eigenvalue weighted by molar-refractivity contribution is 0.221. The average Bonchev–Trinajstić information content (AvgIpc) is 3.02. The summed E-state index contributed by atoms with van der Waals surface area (Å²) in [5.74, 6) is 0.689. The lowest BCUT2D eigenvalue weighted by Crippen LogP contribution is -2.18. The molecule has 0 fully saturated rings. The second-order valence-electron chi connectivity index (χ2n) is 5.44. The molecule has 25 heavy (non-hydrogen) atoms. The number of anilines is 2. The molecule has 3 rings (SSSR count). The van der Waals surface area contributed by atoms with Crippen LogP contribution in [0.3, 0.4) is 0 Å². The summed E-state index contributed by atoms with van der Waals surface area (Å²) < 4.78 is 7.30. The van der Waals surface area contributed by atoms with Crippen LogP contribution in [0.2, 0.25) is 5.02 Å². The minimum atomic E-state index is 0.278. The minimum Gasteiger partial charge on any atom is -0.471 e. The van der Waals surface area contributed by atoms with Gasteiger partial charge >= 0.3 is 0 Å². The Morgan fingerprint density at radius 2 is 1.92 bits per heavy atom. The first-order chi connectivity index (χ1) is 12.1. The molecule has 0 saturated carbocycles. The highest BCUT2D eigenvalue weighted by atomic mass is 35.5. The van der Waals surface area contributed by atoms with Crippen LogP contribution >= 0.6 is 23.8 Å². The lowest BCUT2D eigenvalue weighted by Gasteiger charge is -2.09. The molecule has 2 aromatic carbocycles. The highest BCUT2D eigenvalue weighted by molar-refractivity contribution is 7.80. The molecule has 128 valence electrons. The van der Waals surface area contributed by atoms with Crippen molar-refractivity contribution in [3.8, 4) is 5.75 Å². The molecule has 0 radical (unpaired) electrons. The Balaban J connectivity index is 1.52. The van der Waals surface area contributed by atoms with Crippen LogP contribution in [0.15, 0.2) is 60.9 Å². The Labute approximate surface area is 156 Å². The second-order valence-corrected chi connectivity index (χ2v) is 6.29. The molecule has 0 aliphatic carbocycles. The molecule has 0 bridgehead atoms. The van der Waals surface area contributed by atoms with E-state index in [1.165, 1.54) is 5.56 Å². The number of benzene rings is 2. The van der Waals surface area contributed by atoms with Gasteiger partial charge in [-0.2, -0.15) is 5.10 Å². The fourth-order valence-electron chi connectivity index (χ4n) is 2.13. The number of nitrogens with zero attached hydrogens (tertiary/aromatic N) is 2. The molecule has 0 aliphatic heterocycles. The van der Waals surface area contributed by atoms with E-state index in [0.717, 1.165) is 11.4 Å². The van der Waals surface area contributed by atoms with Crippen LogP contribution in [0.25, 0.3) is 0 Å². The molecule has 0 atom stereocenters. The first kappa shape index (κ1) is 17.3. The maximum absolute atomic E-state index is 5.93. The number of hydrogen-bond donors (Lipinski definition) is 2. The minimum absolute atomic E-state index is 0.278. The number of rotatable bonds is 5. The molecule has 0 unspecified atom stereocenters.